The molecule has 1 saturated heterocycles. The number of nitrogens with zero attached hydrogens (tertiary/aromatic N) is 1. The van der Waals surface area contributed by atoms with Crippen LogP contribution < -0.4 is 16.0 Å². The van der Waals surface area contributed by atoms with Gasteiger partial charge >= 0.3 is 5.97 Å². The summed E-state index contributed by atoms with van der Waals surface area (Å²) in [5.41, 5.74) is 6.93. The number of amides is 2. The van der Waals surface area contributed by atoms with Gasteiger partial charge in [-0.25, -0.2) is 4.79 Å². The Kier molecular flexibility index (Phi) is 6.63. The Balaban J connectivity index is 1.72. The molecule has 3 rings (SSSR count). The maximum Gasteiger partial charge on any atom is 0.337 e. The summed E-state index contributed by atoms with van der Waals surface area (Å²) in [6.07, 6.45) is -3.17. The Morgan fingerprint density at radius 3 is 2.61 bits per heavy atom. The molecule has 1 unspecified atom stereocenters. The van der Waals surface area contributed by atoms with Gasteiger partial charge in [0, 0.05) is 23.5 Å². The molecule has 10 heteroatoms. The number of rotatable bonds is 6. The summed E-state index contributed by atoms with van der Waals surface area (Å²) < 4.78 is 10.1. The van der Waals surface area contributed by atoms with Crippen LogP contribution in [0.1, 0.15) is 15.9 Å². The lowest BCUT2D eigenvalue weighted by Gasteiger charge is -2.34. The molecule has 1 aliphatic heterocycles. The average Bonchev–Trinajstić information content (AvgIpc) is 2.78. The highest BCUT2D eigenvalue weighted by Gasteiger charge is 2.39. The lowest BCUT2D eigenvalue weighted by molar-refractivity contribution is -0.150. The number of anilines is 2. The molecule has 31 heavy (non-hydrogen) atoms. The maximum atomic E-state index is 12.9. The van der Waals surface area contributed by atoms with E-state index in [2.05, 4.69) is 5.32 Å². The number of aliphatic hydroxyl groups is 1. The molecule has 0 spiro atoms. The van der Waals surface area contributed by atoms with Crippen molar-refractivity contribution in [2.75, 3.05) is 30.5 Å². The zero-order valence-corrected chi connectivity index (χ0v) is 16.7. The fourth-order valence-electron chi connectivity index (χ4n) is 3.09. The van der Waals surface area contributed by atoms with Crippen LogP contribution in [0.5, 0.6) is 0 Å². The number of morpholine rings is 1. The van der Waals surface area contributed by atoms with E-state index in [1.165, 1.54) is 30.2 Å². The quantitative estimate of drug-likeness (QED) is 0.298. The number of hydrogen-bond donors (Lipinski definition) is 4. The molecule has 5 N–H and O–H groups in total. The number of amidine groups is 1. The van der Waals surface area contributed by atoms with E-state index in [4.69, 9.17) is 20.6 Å². The largest absolute Gasteiger partial charge is 0.465 e. The fourth-order valence-corrected chi connectivity index (χ4v) is 3.09. The number of ether oxygens (including phenoxy) is 2. The van der Waals surface area contributed by atoms with Crippen molar-refractivity contribution in [3.05, 3.63) is 59.7 Å². The van der Waals surface area contributed by atoms with E-state index in [0.29, 0.717) is 16.9 Å². The van der Waals surface area contributed by atoms with Crippen LogP contribution in [0.15, 0.2) is 48.5 Å². The van der Waals surface area contributed by atoms with Gasteiger partial charge in [0.2, 0.25) is 0 Å². The molecule has 2 aromatic carbocycles. The highest BCUT2D eigenvalue weighted by atomic mass is 16.5. The van der Waals surface area contributed by atoms with E-state index in [-0.39, 0.29) is 24.6 Å². The number of aliphatic hydroxyl groups excluding tert-OH is 1. The number of carbonyl (C=O) groups is 3. The lowest BCUT2D eigenvalue weighted by Crippen LogP contribution is -2.55. The molecule has 10 nitrogen and oxygen atoms in total. The molecular weight excluding hydrogens is 404 g/mol. The van der Waals surface area contributed by atoms with Crippen molar-refractivity contribution in [2.24, 2.45) is 5.73 Å². The molecule has 0 bridgehead atoms. The molecule has 0 aliphatic carbocycles. The molecule has 1 fully saturated rings. The van der Waals surface area contributed by atoms with Crippen molar-refractivity contribution < 1.29 is 29.0 Å². The van der Waals surface area contributed by atoms with E-state index >= 15 is 0 Å². The van der Waals surface area contributed by atoms with Gasteiger partial charge in [0.25, 0.3) is 11.8 Å². The van der Waals surface area contributed by atoms with Gasteiger partial charge in [-0.3, -0.25) is 15.0 Å². The van der Waals surface area contributed by atoms with Crippen LogP contribution >= 0.6 is 0 Å². The fraction of sp³-hybridized carbons (Fsp3) is 0.238. The number of esters is 1. The molecule has 1 aliphatic rings. The normalized spacial score (nSPS) is 17.0. The summed E-state index contributed by atoms with van der Waals surface area (Å²) in [5, 5.41) is 20.3. The number of hydrogen-bond acceptors (Lipinski definition) is 7. The van der Waals surface area contributed by atoms with Gasteiger partial charge in [-0.05, 0) is 42.5 Å². The van der Waals surface area contributed by atoms with Crippen molar-refractivity contribution in [3.63, 3.8) is 0 Å². The summed E-state index contributed by atoms with van der Waals surface area (Å²) >= 11 is 0. The third kappa shape index (κ3) is 4.87. The van der Waals surface area contributed by atoms with Crippen LogP contribution in [0.4, 0.5) is 11.4 Å². The van der Waals surface area contributed by atoms with Gasteiger partial charge in [-0.2, -0.15) is 0 Å². The third-order valence-corrected chi connectivity index (χ3v) is 4.72. The SMILES string of the molecule is COC(=O)c1cccc(N2CCO[C@H](C(O)C(=O)Nc3ccc(C(=N)N)cc3)C2=O)c1. The second kappa shape index (κ2) is 9.37. The van der Waals surface area contributed by atoms with Crippen LogP contribution in [-0.2, 0) is 19.1 Å². The van der Waals surface area contributed by atoms with Crippen LogP contribution in [0.3, 0.4) is 0 Å². The van der Waals surface area contributed by atoms with Gasteiger partial charge in [0.05, 0.1) is 19.3 Å². The second-order valence-electron chi connectivity index (χ2n) is 6.75. The Labute approximate surface area is 178 Å². The number of nitrogen functional groups attached to an aromatic ring is 1. The number of carbonyl (C=O) groups excluding carboxylic acids is 3. The van der Waals surface area contributed by atoms with E-state index < -0.39 is 30.0 Å². The molecule has 0 saturated carbocycles. The van der Waals surface area contributed by atoms with Gasteiger partial charge in [0.15, 0.2) is 12.2 Å². The molecule has 0 aromatic heterocycles. The molecule has 1 heterocycles. The Morgan fingerprint density at radius 1 is 1.26 bits per heavy atom. The van der Waals surface area contributed by atoms with Crippen LogP contribution in [0, 0.1) is 5.41 Å². The topological polar surface area (TPSA) is 155 Å². The van der Waals surface area contributed by atoms with E-state index in [1.54, 1.807) is 30.3 Å². The first-order valence-electron chi connectivity index (χ1n) is 9.36. The molecule has 0 radical (unpaired) electrons. The summed E-state index contributed by atoms with van der Waals surface area (Å²) in [4.78, 5) is 38.5. The number of nitrogens with two attached hydrogens (primary N) is 1. The van der Waals surface area contributed by atoms with E-state index in [0.717, 1.165) is 0 Å². The molecule has 2 amide bonds. The van der Waals surface area contributed by atoms with Crippen molar-refractivity contribution >= 4 is 35.0 Å². The van der Waals surface area contributed by atoms with E-state index in [1.807, 2.05) is 0 Å². The van der Waals surface area contributed by atoms with Crippen molar-refractivity contribution in [1.29, 1.82) is 5.41 Å². The lowest BCUT2D eigenvalue weighted by atomic mass is 10.1. The number of benzene rings is 2. The minimum Gasteiger partial charge on any atom is -0.465 e. The summed E-state index contributed by atoms with van der Waals surface area (Å²) in [6, 6.07) is 12.4. The zero-order chi connectivity index (χ0) is 22.5. The van der Waals surface area contributed by atoms with Crippen LogP contribution in [0.2, 0.25) is 0 Å². The molecular formula is C21H22N4O6. The smallest absolute Gasteiger partial charge is 0.337 e. The number of nitrogens with one attached hydrogen (secondary N) is 2. The first-order valence-corrected chi connectivity index (χ1v) is 9.36. The number of methoxy groups -OCH3 is 1. The predicted octanol–water partition coefficient (Wildman–Crippen LogP) is 0.489. The molecule has 2 aromatic rings. The monoisotopic (exact) mass is 426 g/mol. The first-order chi connectivity index (χ1) is 14.8. The predicted molar refractivity (Wildman–Crippen MR) is 112 cm³/mol. The van der Waals surface area contributed by atoms with Crippen molar-refractivity contribution in [3.8, 4) is 0 Å². The Hall–Kier alpha value is -3.76. The maximum absolute atomic E-state index is 12.9. The minimum atomic E-state index is -1.76. The van der Waals surface area contributed by atoms with Crippen molar-refractivity contribution in [2.45, 2.75) is 12.2 Å². The second-order valence-corrected chi connectivity index (χ2v) is 6.75. The van der Waals surface area contributed by atoms with Gasteiger partial charge < -0.3 is 30.5 Å². The standard InChI is InChI=1S/C21H22N4O6/c1-30-21(29)13-3-2-4-15(11-13)25-9-10-31-17(20(25)28)16(26)19(27)24-14-7-5-12(6-8-14)18(22)23/h2-8,11,16-17,26H,9-10H2,1H3,(H3,22,23)(H,24,27)/t16?,17-/m1/s1. The third-order valence-electron chi connectivity index (χ3n) is 4.72. The summed E-state index contributed by atoms with van der Waals surface area (Å²) in [6.45, 7) is 0.289. The molecule has 2 atom stereocenters. The van der Waals surface area contributed by atoms with Gasteiger partial charge in [-0.15, -0.1) is 0 Å². The highest BCUT2D eigenvalue weighted by Crippen LogP contribution is 2.22. The van der Waals surface area contributed by atoms with Crippen LogP contribution in [0.25, 0.3) is 0 Å². The van der Waals surface area contributed by atoms with Crippen molar-refractivity contribution in [1.82, 2.24) is 0 Å². The minimum absolute atomic E-state index is 0.0938. The first kappa shape index (κ1) is 21.9. The summed E-state index contributed by atoms with van der Waals surface area (Å²) in [5.74, 6) is -2.09. The highest BCUT2D eigenvalue weighted by molar-refractivity contribution is 6.04. The average molecular weight is 426 g/mol. The van der Waals surface area contributed by atoms with Crippen LogP contribution in [-0.4, -0.2) is 61.2 Å². The Bertz CT molecular complexity index is 1010. The molecule has 162 valence electrons. The van der Waals surface area contributed by atoms with E-state index in [9.17, 15) is 19.5 Å². The zero-order valence-electron chi connectivity index (χ0n) is 16.7. The van der Waals surface area contributed by atoms with Gasteiger partial charge in [-0.1, -0.05) is 6.07 Å². The van der Waals surface area contributed by atoms with Gasteiger partial charge in [0.1, 0.15) is 5.84 Å². The summed E-state index contributed by atoms with van der Waals surface area (Å²) in [7, 11) is 1.26. The Morgan fingerprint density at radius 2 is 1.97 bits per heavy atom.